The van der Waals surface area contributed by atoms with E-state index in [9.17, 15) is 9.59 Å². The van der Waals surface area contributed by atoms with Gasteiger partial charge >= 0.3 is 0 Å². The van der Waals surface area contributed by atoms with Crippen LogP contribution < -0.4 is 20.3 Å². The largest absolute Gasteiger partial charge is 0.494 e. The van der Waals surface area contributed by atoms with Crippen LogP contribution in [0.2, 0.25) is 0 Å². The Hall–Kier alpha value is -4.13. The lowest BCUT2D eigenvalue weighted by atomic mass is 10.1. The van der Waals surface area contributed by atoms with Crippen molar-refractivity contribution in [1.82, 2.24) is 9.55 Å². The van der Waals surface area contributed by atoms with E-state index in [4.69, 9.17) is 9.47 Å². The van der Waals surface area contributed by atoms with Gasteiger partial charge in [-0.05, 0) is 69.3 Å². The predicted octanol–water partition coefficient (Wildman–Crippen LogP) is 4.74. The maximum atomic E-state index is 13.0. The summed E-state index contributed by atoms with van der Waals surface area (Å²) in [7, 11) is 0. The normalized spacial score (nSPS) is 10.8. The number of aromatic nitrogens is 2. The molecule has 1 heterocycles. The molecule has 0 radical (unpaired) electrons. The van der Waals surface area contributed by atoms with Gasteiger partial charge in [-0.2, -0.15) is 0 Å². The predicted molar refractivity (Wildman–Crippen MR) is 129 cm³/mol. The van der Waals surface area contributed by atoms with Gasteiger partial charge in [0.05, 0.1) is 35.5 Å². The van der Waals surface area contributed by atoms with Crippen LogP contribution >= 0.6 is 0 Å². The zero-order valence-corrected chi connectivity index (χ0v) is 18.8. The summed E-state index contributed by atoms with van der Waals surface area (Å²) < 4.78 is 12.7. The van der Waals surface area contributed by atoms with Crippen molar-refractivity contribution in [3.05, 3.63) is 88.5 Å². The highest BCUT2D eigenvalue weighted by Crippen LogP contribution is 2.30. The first-order valence-electron chi connectivity index (χ1n) is 10.8. The van der Waals surface area contributed by atoms with Crippen molar-refractivity contribution in [3.8, 4) is 17.2 Å². The summed E-state index contributed by atoms with van der Waals surface area (Å²) in [6.45, 7) is 6.56. The van der Waals surface area contributed by atoms with E-state index in [1.54, 1.807) is 60.0 Å². The smallest absolute Gasteiger partial charge is 0.265 e. The molecule has 4 rings (SSSR count). The zero-order chi connectivity index (χ0) is 23.4. The molecule has 168 valence electrons. The highest BCUT2D eigenvalue weighted by atomic mass is 16.5. The summed E-state index contributed by atoms with van der Waals surface area (Å²) in [5, 5.41) is 3.44. The first-order valence-corrected chi connectivity index (χ1v) is 10.8. The van der Waals surface area contributed by atoms with Crippen molar-refractivity contribution >= 4 is 22.5 Å². The number of rotatable bonds is 7. The molecule has 0 aliphatic rings. The van der Waals surface area contributed by atoms with Gasteiger partial charge in [0.15, 0.2) is 0 Å². The minimum Gasteiger partial charge on any atom is -0.494 e. The van der Waals surface area contributed by atoms with Gasteiger partial charge in [-0.15, -0.1) is 0 Å². The minimum absolute atomic E-state index is 0.149. The summed E-state index contributed by atoms with van der Waals surface area (Å²) in [6.07, 6.45) is 0. The van der Waals surface area contributed by atoms with Crippen molar-refractivity contribution < 1.29 is 14.3 Å². The molecule has 0 saturated heterocycles. The molecule has 0 aliphatic carbocycles. The topological polar surface area (TPSA) is 82.4 Å². The molecule has 0 fully saturated rings. The molecule has 0 aliphatic heterocycles. The fourth-order valence-corrected chi connectivity index (χ4v) is 3.65. The van der Waals surface area contributed by atoms with Gasteiger partial charge in [-0.3, -0.25) is 14.2 Å². The third-order valence-corrected chi connectivity index (χ3v) is 5.14. The molecular weight excluding hydrogens is 418 g/mol. The van der Waals surface area contributed by atoms with Crippen LogP contribution in [0.5, 0.6) is 11.5 Å². The Labute approximate surface area is 191 Å². The fraction of sp³-hybridized carbons (Fsp3) is 0.192. The van der Waals surface area contributed by atoms with Crippen LogP contribution in [0.25, 0.3) is 16.6 Å². The number of anilines is 1. The van der Waals surface area contributed by atoms with Gasteiger partial charge in [0.25, 0.3) is 11.5 Å². The molecular formula is C26H25N3O4. The standard InChI is InChI=1S/C26H25N3O4/c1-4-32-20-14-15-24(33-5-2)23(16-20)28-25(30)18-10-12-19(13-11-18)29-17(3)27-22-9-7-6-8-21(22)26(29)31/h6-16H,4-5H2,1-3H3,(H,28,30). The van der Waals surface area contributed by atoms with Crippen LogP contribution in [0.15, 0.2) is 71.5 Å². The van der Waals surface area contributed by atoms with E-state index in [0.717, 1.165) is 0 Å². The molecule has 4 aromatic rings. The second kappa shape index (κ2) is 9.56. The minimum atomic E-state index is -0.295. The van der Waals surface area contributed by atoms with Crippen molar-refractivity contribution in [1.29, 1.82) is 0 Å². The number of ether oxygens (including phenoxy) is 2. The second-order valence-electron chi connectivity index (χ2n) is 7.34. The molecule has 1 N–H and O–H groups in total. The number of benzene rings is 3. The number of carbonyl (C=O) groups is 1. The van der Waals surface area contributed by atoms with Crippen molar-refractivity contribution in [2.45, 2.75) is 20.8 Å². The van der Waals surface area contributed by atoms with E-state index >= 15 is 0 Å². The number of amides is 1. The maximum Gasteiger partial charge on any atom is 0.265 e. The highest BCUT2D eigenvalue weighted by Gasteiger charge is 2.14. The Bertz CT molecular complexity index is 1360. The quantitative estimate of drug-likeness (QED) is 0.446. The molecule has 3 aromatic carbocycles. The Kier molecular flexibility index (Phi) is 6.40. The fourth-order valence-electron chi connectivity index (χ4n) is 3.65. The lowest BCUT2D eigenvalue weighted by Crippen LogP contribution is -2.22. The van der Waals surface area contributed by atoms with Gasteiger partial charge in [-0.25, -0.2) is 4.98 Å². The second-order valence-corrected chi connectivity index (χ2v) is 7.34. The number of hydrogen-bond donors (Lipinski definition) is 1. The molecule has 7 nitrogen and oxygen atoms in total. The zero-order valence-electron chi connectivity index (χ0n) is 18.8. The molecule has 1 aromatic heterocycles. The molecule has 33 heavy (non-hydrogen) atoms. The van der Waals surface area contributed by atoms with Crippen LogP contribution in [0.4, 0.5) is 5.69 Å². The van der Waals surface area contributed by atoms with Gasteiger partial charge in [-0.1, -0.05) is 12.1 Å². The first kappa shape index (κ1) is 22.1. The number of nitrogens with zero attached hydrogens (tertiary/aromatic N) is 2. The summed E-state index contributed by atoms with van der Waals surface area (Å²) >= 11 is 0. The summed E-state index contributed by atoms with van der Waals surface area (Å²) in [5.41, 5.74) is 2.13. The molecule has 0 spiro atoms. The number of nitrogens with one attached hydrogen (secondary N) is 1. The van der Waals surface area contributed by atoms with Crippen LogP contribution in [-0.4, -0.2) is 28.7 Å². The van der Waals surface area contributed by atoms with E-state index in [0.29, 0.717) is 58.4 Å². The summed E-state index contributed by atoms with van der Waals surface area (Å²) in [4.78, 5) is 30.5. The summed E-state index contributed by atoms with van der Waals surface area (Å²) in [5.74, 6) is 1.49. The van der Waals surface area contributed by atoms with E-state index in [1.807, 2.05) is 32.0 Å². The molecule has 0 saturated carbocycles. The van der Waals surface area contributed by atoms with Crippen LogP contribution in [-0.2, 0) is 0 Å². The van der Waals surface area contributed by atoms with Crippen molar-refractivity contribution in [2.24, 2.45) is 0 Å². The highest BCUT2D eigenvalue weighted by molar-refractivity contribution is 6.05. The monoisotopic (exact) mass is 443 g/mol. The van der Waals surface area contributed by atoms with E-state index in [2.05, 4.69) is 10.3 Å². The Morgan fingerprint density at radius 3 is 2.42 bits per heavy atom. The Morgan fingerprint density at radius 1 is 0.970 bits per heavy atom. The molecule has 0 unspecified atom stereocenters. The van der Waals surface area contributed by atoms with E-state index in [-0.39, 0.29) is 11.5 Å². The van der Waals surface area contributed by atoms with Gasteiger partial charge in [0.2, 0.25) is 0 Å². The van der Waals surface area contributed by atoms with Crippen LogP contribution in [0, 0.1) is 6.92 Å². The SMILES string of the molecule is CCOc1ccc(OCC)c(NC(=O)c2ccc(-n3c(C)nc4ccccc4c3=O)cc2)c1. The molecule has 1 amide bonds. The number of para-hydroxylation sites is 1. The van der Waals surface area contributed by atoms with Crippen molar-refractivity contribution in [3.63, 3.8) is 0 Å². The number of fused-ring (bicyclic) bond motifs is 1. The Balaban J connectivity index is 1.62. The number of hydrogen-bond acceptors (Lipinski definition) is 5. The molecule has 0 atom stereocenters. The molecule has 0 bridgehead atoms. The molecule has 7 heteroatoms. The number of aryl methyl sites for hydroxylation is 1. The summed E-state index contributed by atoms with van der Waals surface area (Å²) in [6, 6.07) is 19.4. The van der Waals surface area contributed by atoms with Gasteiger partial charge in [0.1, 0.15) is 17.3 Å². The lowest BCUT2D eigenvalue weighted by molar-refractivity contribution is 0.102. The van der Waals surface area contributed by atoms with E-state index in [1.165, 1.54) is 0 Å². The van der Waals surface area contributed by atoms with Gasteiger partial charge < -0.3 is 14.8 Å². The van der Waals surface area contributed by atoms with Crippen molar-refractivity contribution in [2.75, 3.05) is 18.5 Å². The van der Waals surface area contributed by atoms with Crippen LogP contribution in [0.3, 0.4) is 0 Å². The first-order chi connectivity index (χ1) is 16.0. The van der Waals surface area contributed by atoms with E-state index < -0.39 is 0 Å². The third-order valence-electron chi connectivity index (χ3n) is 5.14. The Morgan fingerprint density at radius 2 is 1.70 bits per heavy atom. The maximum absolute atomic E-state index is 13.0. The van der Waals surface area contributed by atoms with Crippen LogP contribution in [0.1, 0.15) is 30.0 Å². The average Bonchev–Trinajstić information content (AvgIpc) is 2.81. The third kappa shape index (κ3) is 4.57. The average molecular weight is 444 g/mol. The number of carbonyl (C=O) groups excluding carboxylic acids is 1. The van der Waals surface area contributed by atoms with Gasteiger partial charge in [0, 0.05) is 11.6 Å². The lowest BCUT2D eigenvalue weighted by Gasteiger charge is -2.14.